The third-order valence-corrected chi connectivity index (χ3v) is 5.41. The van der Waals surface area contributed by atoms with Crippen molar-refractivity contribution >= 4 is 34.0 Å². The standard InChI is InChI=1S/C27H15N8O2.Na/c28-15-21-22(16-29)35(23-12-6-7-13-30-23)27(32-21)34-33-24-19-11-5-4-8-17(19)14-20(25(24)36)26(37)31-18-9-2-1-3-10-18;/h2-14,36H,(H,31,37);/q-1;+1. The van der Waals surface area contributed by atoms with E-state index < -0.39 is 5.91 Å². The van der Waals surface area contributed by atoms with Gasteiger partial charge in [0.2, 0.25) is 0 Å². The quantitative estimate of drug-likeness (QED) is 0.212. The van der Waals surface area contributed by atoms with Gasteiger partial charge in [0.05, 0.1) is 5.56 Å². The number of aromatic nitrogens is 3. The summed E-state index contributed by atoms with van der Waals surface area (Å²) in [5, 5.41) is 42.5. The van der Waals surface area contributed by atoms with Crippen molar-refractivity contribution in [1.82, 2.24) is 14.5 Å². The van der Waals surface area contributed by atoms with Gasteiger partial charge in [0.1, 0.15) is 23.6 Å². The van der Waals surface area contributed by atoms with Gasteiger partial charge in [0, 0.05) is 11.6 Å². The molecule has 2 heterocycles. The van der Waals surface area contributed by atoms with Crippen LogP contribution in [0.2, 0.25) is 0 Å². The molecular formula is C27H15N8NaO2. The molecule has 1 amide bonds. The Hall–Kier alpha value is -4.87. The number of hydrogen-bond donors (Lipinski definition) is 2. The fourth-order valence-corrected chi connectivity index (χ4v) is 3.72. The van der Waals surface area contributed by atoms with Crippen molar-refractivity contribution in [2.45, 2.75) is 0 Å². The molecule has 5 rings (SSSR count). The minimum absolute atomic E-state index is 0. The number of phenols is 1. The first-order chi connectivity index (χ1) is 18.1. The summed E-state index contributed by atoms with van der Waals surface area (Å²) in [6.45, 7) is 0. The molecule has 0 saturated carbocycles. The molecule has 0 spiro atoms. The number of rotatable bonds is 5. The molecule has 2 aromatic heterocycles. The number of carbonyl (C=O) groups excluding carboxylic acids is 1. The van der Waals surface area contributed by atoms with Crippen LogP contribution < -0.4 is 34.9 Å². The van der Waals surface area contributed by atoms with Gasteiger partial charge in [0.25, 0.3) is 11.9 Å². The molecule has 0 radical (unpaired) electrons. The van der Waals surface area contributed by atoms with E-state index in [0.717, 1.165) is 0 Å². The number of benzene rings is 3. The number of nitriles is 2. The molecule has 176 valence electrons. The normalized spacial score (nSPS) is 10.5. The molecule has 38 heavy (non-hydrogen) atoms. The van der Waals surface area contributed by atoms with E-state index in [4.69, 9.17) is 0 Å². The number of aromatic hydroxyl groups is 1. The van der Waals surface area contributed by atoms with E-state index in [1.165, 1.54) is 10.8 Å². The average Bonchev–Trinajstić information content (AvgIpc) is 3.31. The van der Waals surface area contributed by atoms with Crippen molar-refractivity contribution in [2.75, 3.05) is 5.32 Å². The number of nitrogens with zero attached hydrogens (tertiary/aromatic N) is 7. The van der Waals surface area contributed by atoms with Crippen molar-refractivity contribution in [1.29, 1.82) is 10.5 Å². The zero-order valence-electron chi connectivity index (χ0n) is 20.0. The van der Waals surface area contributed by atoms with Gasteiger partial charge in [-0.15, -0.1) is 22.4 Å². The van der Waals surface area contributed by atoms with E-state index in [0.29, 0.717) is 22.3 Å². The molecule has 0 fully saturated rings. The van der Waals surface area contributed by atoms with Crippen LogP contribution >= 0.6 is 0 Å². The largest absolute Gasteiger partial charge is 1.00 e. The number of fused-ring (bicyclic) bond motifs is 1. The summed E-state index contributed by atoms with van der Waals surface area (Å²) in [6, 6.07) is 27.0. The van der Waals surface area contributed by atoms with Gasteiger partial charge in [-0.1, -0.05) is 36.0 Å². The molecule has 0 aliphatic carbocycles. The van der Waals surface area contributed by atoms with Crippen LogP contribution in [0.4, 0.5) is 17.3 Å². The number of hydrogen-bond acceptors (Lipinski definition) is 8. The van der Waals surface area contributed by atoms with Crippen molar-refractivity contribution < 1.29 is 39.5 Å². The predicted molar refractivity (Wildman–Crippen MR) is 134 cm³/mol. The van der Waals surface area contributed by atoms with Crippen molar-refractivity contribution in [3.63, 3.8) is 0 Å². The van der Waals surface area contributed by atoms with Gasteiger partial charge >= 0.3 is 29.6 Å². The second-order valence-corrected chi connectivity index (χ2v) is 7.64. The van der Waals surface area contributed by atoms with Crippen molar-refractivity contribution in [3.8, 4) is 23.7 Å². The molecular weight excluding hydrogens is 491 g/mol. The van der Waals surface area contributed by atoms with Gasteiger partial charge in [-0.3, -0.25) is 4.79 Å². The van der Waals surface area contributed by atoms with Gasteiger partial charge in [-0.2, -0.15) is 33.7 Å². The van der Waals surface area contributed by atoms with Crippen LogP contribution in [-0.2, 0) is 0 Å². The Morgan fingerprint density at radius 2 is 1.79 bits per heavy atom. The van der Waals surface area contributed by atoms with Gasteiger partial charge < -0.3 is 10.4 Å². The number of nitrogens with one attached hydrogen (secondary N) is 1. The molecule has 0 atom stereocenters. The maximum atomic E-state index is 13.0. The molecule has 0 unspecified atom stereocenters. The number of amides is 1. The van der Waals surface area contributed by atoms with E-state index in [9.17, 15) is 20.4 Å². The minimum atomic E-state index is -0.542. The van der Waals surface area contributed by atoms with Crippen LogP contribution in [0.5, 0.6) is 5.75 Å². The molecule has 3 aromatic carbocycles. The van der Waals surface area contributed by atoms with Crippen LogP contribution in [0.25, 0.3) is 16.6 Å². The first-order valence-electron chi connectivity index (χ1n) is 10.9. The summed E-state index contributed by atoms with van der Waals surface area (Å²) >= 11 is 0. The summed E-state index contributed by atoms with van der Waals surface area (Å²) in [7, 11) is 0. The number of imidazole rings is 1. The average molecular weight is 506 g/mol. The Labute approximate surface area is 238 Å². The SMILES string of the molecule is N#Cc1nc(N=Nc2c(O)c(C(=O)Nc3cc[c-]cc3)cc3ccccc23)n(-c2ccccn2)c1C#N.[Na+]. The summed E-state index contributed by atoms with van der Waals surface area (Å²) in [6.07, 6.45) is 1.52. The fourth-order valence-electron chi connectivity index (χ4n) is 3.72. The summed E-state index contributed by atoms with van der Waals surface area (Å²) in [5.41, 5.74) is 0.341. The van der Waals surface area contributed by atoms with Gasteiger partial charge in [-0.25, -0.2) is 9.55 Å². The molecule has 10 nitrogen and oxygen atoms in total. The summed E-state index contributed by atoms with van der Waals surface area (Å²) < 4.78 is 1.30. The van der Waals surface area contributed by atoms with Gasteiger partial charge in [0.15, 0.2) is 17.1 Å². The van der Waals surface area contributed by atoms with Crippen molar-refractivity contribution in [3.05, 3.63) is 102 Å². The van der Waals surface area contributed by atoms with E-state index in [2.05, 4.69) is 31.6 Å². The second-order valence-electron chi connectivity index (χ2n) is 7.64. The number of pyridine rings is 1. The minimum Gasteiger partial charge on any atom is -0.505 e. The van der Waals surface area contributed by atoms with E-state index >= 15 is 0 Å². The Bertz CT molecular complexity index is 1750. The van der Waals surface area contributed by atoms with Crippen LogP contribution in [0.15, 0.2) is 89.2 Å². The smallest absolute Gasteiger partial charge is 0.505 e. The van der Waals surface area contributed by atoms with E-state index in [-0.39, 0.29) is 63.9 Å². The zero-order chi connectivity index (χ0) is 25.8. The Balaban J connectivity index is 0.00000336. The van der Waals surface area contributed by atoms with Crippen LogP contribution in [-0.4, -0.2) is 25.5 Å². The zero-order valence-corrected chi connectivity index (χ0v) is 22.0. The third kappa shape index (κ3) is 5.01. The predicted octanol–water partition coefficient (Wildman–Crippen LogP) is 2.34. The summed E-state index contributed by atoms with van der Waals surface area (Å²) in [4.78, 5) is 21.4. The van der Waals surface area contributed by atoms with Crippen LogP contribution in [0.1, 0.15) is 21.7 Å². The number of phenolic OH excluding ortho intramolecular Hbond substituents is 1. The van der Waals surface area contributed by atoms with Crippen LogP contribution in [0.3, 0.4) is 0 Å². The number of carbonyl (C=O) groups is 1. The monoisotopic (exact) mass is 506 g/mol. The number of azo groups is 1. The first kappa shape index (κ1) is 26.2. The maximum absolute atomic E-state index is 13.0. The van der Waals surface area contributed by atoms with Crippen LogP contribution in [0, 0.1) is 28.7 Å². The fraction of sp³-hybridized carbons (Fsp3) is 0. The molecule has 0 aliphatic heterocycles. The van der Waals surface area contributed by atoms with E-state index in [1.54, 1.807) is 72.8 Å². The molecule has 0 aliphatic rings. The Kier molecular flexibility index (Phi) is 7.90. The summed E-state index contributed by atoms with van der Waals surface area (Å²) in [5.74, 6) is -0.714. The molecule has 0 bridgehead atoms. The third-order valence-electron chi connectivity index (χ3n) is 5.41. The van der Waals surface area contributed by atoms with E-state index in [1.807, 2.05) is 12.1 Å². The Morgan fingerprint density at radius 1 is 1.03 bits per heavy atom. The van der Waals surface area contributed by atoms with Crippen molar-refractivity contribution in [2.24, 2.45) is 10.2 Å². The second kappa shape index (κ2) is 11.5. The molecule has 5 aromatic rings. The molecule has 0 saturated heterocycles. The molecule has 11 heteroatoms. The molecule has 2 N–H and O–H groups in total. The first-order valence-corrected chi connectivity index (χ1v) is 10.9. The Morgan fingerprint density at radius 3 is 2.50 bits per heavy atom. The van der Waals surface area contributed by atoms with Gasteiger partial charge in [-0.05, 0) is 23.6 Å². The maximum Gasteiger partial charge on any atom is 1.00 e. The topological polar surface area (TPSA) is 152 Å². The number of anilines is 1.